The molecule has 1 saturated heterocycles. The van der Waals surface area contributed by atoms with E-state index in [2.05, 4.69) is 10.2 Å². The van der Waals surface area contributed by atoms with Crippen molar-refractivity contribution in [1.82, 2.24) is 14.8 Å². The summed E-state index contributed by atoms with van der Waals surface area (Å²) in [6, 6.07) is 14.7. The minimum atomic E-state index is 0.0300. The summed E-state index contributed by atoms with van der Waals surface area (Å²) < 4.78 is 13.0. The van der Waals surface area contributed by atoms with Crippen LogP contribution in [0, 0.1) is 0 Å². The largest absolute Gasteiger partial charge is 0.497 e. The van der Waals surface area contributed by atoms with Crippen molar-refractivity contribution in [1.29, 1.82) is 0 Å². The topological polar surface area (TPSA) is 66.2 Å². The van der Waals surface area contributed by atoms with Gasteiger partial charge in [-0.3, -0.25) is 9.36 Å². The maximum Gasteiger partial charge on any atom is 0.192 e. The van der Waals surface area contributed by atoms with Crippen molar-refractivity contribution >= 4 is 29.1 Å². The van der Waals surface area contributed by atoms with Gasteiger partial charge in [-0.25, -0.2) is 0 Å². The van der Waals surface area contributed by atoms with Gasteiger partial charge in [0.1, 0.15) is 5.75 Å². The number of Topliss-reactive ketones (excluding diaryl/α,β-unsaturated/α-hetero) is 1. The summed E-state index contributed by atoms with van der Waals surface area (Å²) in [6.45, 7) is 1.44. The van der Waals surface area contributed by atoms with Crippen LogP contribution in [0.2, 0.25) is 5.02 Å². The van der Waals surface area contributed by atoms with Crippen LogP contribution in [0.4, 0.5) is 0 Å². The molecule has 1 fully saturated rings. The summed E-state index contributed by atoms with van der Waals surface area (Å²) >= 11 is 7.42. The highest BCUT2D eigenvalue weighted by Crippen LogP contribution is 2.28. The summed E-state index contributed by atoms with van der Waals surface area (Å²) in [5.41, 5.74) is 1.57. The molecule has 6 nitrogen and oxygen atoms in total. The molecule has 0 radical (unpaired) electrons. The molecule has 8 heteroatoms. The Kier molecular flexibility index (Phi) is 6.72. The fourth-order valence-electron chi connectivity index (χ4n) is 3.35. The van der Waals surface area contributed by atoms with Crippen molar-refractivity contribution in [3.63, 3.8) is 0 Å². The molecule has 0 unspecified atom stereocenters. The molecular formula is C22H22ClN3O3S. The summed E-state index contributed by atoms with van der Waals surface area (Å²) in [5, 5.41) is 10.1. The van der Waals surface area contributed by atoms with Crippen LogP contribution in [0.15, 0.2) is 53.7 Å². The molecule has 1 atom stereocenters. The van der Waals surface area contributed by atoms with Crippen molar-refractivity contribution < 1.29 is 14.3 Å². The molecule has 1 aliphatic heterocycles. The highest BCUT2D eigenvalue weighted by molar-refractivity contribution is 7.99. The summed E-state index contributed by atoms with van der Waals surface area (Å²) in [4.78, 5) is 12.6. The number of ether oxygens (including phenoxy) is 2. The first kappa shape index (κ1) is 20.9. The van der Waals surface area contributed by atoms with E-state index in [-0.39, 0.29) is 17.6 Å². The van der Waals surface area contributed by atoms with E-state index in [0.29, 0.717) is 22.3 Å². The van der Waals surface area contributed by atoms with Crippen LogP contribution < -0.4 is 4.74 Å². The first-order chi connectivity index (χ1) is 14.6. The molecule has 2 heterocycles. The number of carbonyl (C=O) groups is 1. The Morgan fingerprint density at radius 1 is 1.20 bits per heavy atom. The predicted molar refractivity (Wildman–Crippen MR) is 117 cm³/mol. The van der Waals surface area contributed by atoms with E-state index in [1.165, 1.54) is 11.8 Å². The van der Waals surface area contributed by atoms with Gasteiger partial charge in [0.25, 0.3) is 0 Å². The lowest BCUT2D eigenvalue weighted by Gasteiger charge is -2.14. The lowest BCUT2D eigenvalue weighted by atomic mass is 10.1. The molecule has 2 aromatic carbocycles. The van der Waals surface area contributed by atoms with Crippen molar-refractivity contribution in [2.45, 2.75) is 30.6 Å². The van der Waals surface area contributed by atoms with Gasteiger partial charge in [-0.1, -0.05) is 23.4 Å². The fraction of sp³-hybridized carbons (Fsp3) is 0.318. The van der Waals surface area contributed by atoms with E-state index in [1.807, 2.05) is 28.8 Å². The Bertz CT molecular complexity index is 999. The number of benzene rings is 2. The minimum Gasteiger partial charge on any atom is -0.497 e. The lowest BCUT2D eigenvalue weighted by Crippen LogP contribution is -2.17. The number of ketones is 1. The standard InChI is InChI=1S/C22H22ClN3O3S/c1-28-18-10-6-15(7-11-18)20(27)14-30-22-25-24-21(16-4-8-17(23)9-5-16)26(22)13-19-3-2-12-29-19/h4-11,19H,2-3,12-14H2,1H3/t19-/m0/s1. The minimum absolute atomic E-state index is 0.0300. The third-order valence-corrected chi connectivity index (χ3v) is 6.19. The summed E-state index contributed by atoms with van der Waals surface area (Å²) in [5.74, 6) is 1.78. The highest BCUT2D eigenvalue weighted by atomic mass is 35.5. The second kappa shape index (κ2) is 9.64. The molecule has 0 aliphatic carbocycles. The highest BCUT2D eigenvalue weighted by Gasteiger charge is 2.22. The number of nitrogens with zero attached hydrogens (tertiary/aromatic N) is 3. The molecule has 1 aromatic heterocycles. The molecule has 3 aromatic rings. The third-order valence-electron chi connectivity index (χ3n) is 4.97. The summed E-state index contributed by atoms with van der Waals surface area (Å²) in [6.07, 6.45) is 2.19. The smallest absolute Gasteiger partial charge is 0.192 e. The van der Waals surface area contributed by atoms with Crippen molar-refractivity contribution in [3.05, 3.63) is 59.1 Å². The summed E-state index contributed by atoms with van der Waals surface area (Å²) in [7, 11) is 1.60. The first-order valence-corrected chi connectivity index (χ1v) is 11.1. The maximum absolute atomic E-state index is 12.6. The van der Waals surface area contributed by atoms with Gasteiger partial charge in [0, 0.05) is 22.8 Å². The number of rotatable bonds is 8. The van der Waals surface area contributed by atoms with E-state index in [1.54, 1.807) is 31.4 Å². The van der Waals surface area contributed by atoms with Crippen molar-refractivity contribution in [3.8, 4) is 17.1 Å². The van der Waals surface area contributed by atoms with Gasteiger partial charge >= 0.3 is 0 Å². The van der Waals surface area contributed by atoms with E-state index >= 15 is 0 Å². The molecule has 0 saturated carbocycles. The molecular weight excluding hydrogens is 422 g/mol. The van der Waals surface area contributed by atoms with Crippen LogP contribution in [-0.2, 0) is 11.3 Å². The van der Waals surface area contributed by atoms with Gasteiger partial charge in [0.15, 0.2) is 16.8 Å². The van der Waals surface area contributed by atoms with E-state index in [9.17, 15) is 4.79 Å². The Morgan fingerprint density at radius 2 is 1.97 bits per heavy atom. The average Bonchev–Trinajstić information content (AvgIpc) is 3.43. The van der Waals surface area contributed by atoms with E-state index in [4.69, 9.17) is 21.1 Å². The molecule has 0 spiro atoms. The Hall–Kier alpha value is -2.35. The molecule has 0 amide bonds. The van der Waals surface area contributed by atoms with Crippen LogP contribution in [0.5, 0.6) is 5.75 Å². The Morgan fingerprint density at radius 3 is 2.63 bits per heavy atom. The van der Waals surface area contributed by atoms with Crippen molar-refractivity contribution in [2.24, 2.45) is 0 Å². The van der Waals surface area contributed by atoms with Crippen LogP contribution in [0.3, 0.4) is 0 Å². The second-order valence-electron chi connectivity index (χ2n) is 7.00. The molecule has 0 N–H and O–H groups in total. The predicted octanol–water partition coefficient (Wildman–Crippen LogP) is 4.76. The third kappa shape index (κ3) is 4.86. The number of methoxy groups -OCH3 is 1. The van der Waals surface area contributed by atoms with E-state index < -0.39 is 0 Å². The van der Waals surface area contributed by atoms with Gasteiger partial charge in [-0.2, -0.15) is 0 Å². The first-order valence-electron chi connectivity index (χ1n) is 9.75. The van der Waals surface area contributed by atoms with Gasteiger partial charge < -0.3 is 9.47 Å². The quantitative estimate of drug-likeness (QED) is 0.369. The van der Waals surface area contributed by atoms with Gasteiger partial charge in [0.05, 0.1) is 25.5 Å². The molecule has 0 bridgehead atoms. The number of aromatic nitrogens is 3. The number of carbonyl (C=O) groups excluding carboxylic acids is 1. The van der Waals surface area contributed by atoms with Gasteiger partial charge in [-0.15, -0.1) is 10.2 Å². The Balaban J connectivity index is 1.53. The van der Waals surface area contributed by atoms with Crippen LogP contribution in [0.1, 0.15) is 23.2 Å². The number of halogens is 1. The molecule has 4 rings (SSSR count). The Labute approximate surface area is 184 Å². The van der Waals surface area contributed by atoms with E-state index in [0.717, 1.165) is 36.6 Å². The fourth-order valence-corrected chi connectivity index (χ4v) is 4.32. The van der Waals surface area contributed by atoms with Crippen LogP contribution >= 0.6 is 23.4 Å². The maximum atomic E-state index is 12.6. The second-order valence-corrected chi connectivity index (χ2v) is 8.38. The van der Waals surface area contributed by atoms with Gasteiger partial charge in [-0.05, 0) is 61.4 Å². The number of hydrogen-bond acceptors (Lipinski definition) is 6. The molecule has 1 aliphatic rings. The number of hydrogen-bond donors (Lipinski definition) is 0. The van der Waals surface area contributed by atoms with Crippen molar-refractivity contribution in [2.75, 3.05) is 19.5 Å². The van der Waals surface area contributed by atoms with Gasteiger partial charge in [0.2, 0.25) is 0 Å². The number of thioether (sulfide) groups is 1. The average molecular weight is 444 g/mol. The molecule has 30 heavy (non-hydrogen) atoms. The lowest BCUT2D eigenvalue weighted by molar-refractivity contribution is 0.0953. The SMILES string of the molecule is COc1ccc(C(=O)CSc2nnc(-c3ccc(Cl)cc3)n2C[C@@H]2CCCO2)cc1. The zero-order chi connectivity index (χ0) is 20.9. The zero-order valence-corrected chi connectivity index (χ0v) is 18.2. The normalized spacial score (nSPS) is 16.0. The monoisotopic (exact) mass is 443 g/mol. The zero-order valence-electron chi connectivity index (χ0n) is 16.6. The molecule has 156 valence electrons. The van der Waals surface area contributed by atoms with Crippen LogP contribution in [0.25, 0.3) is 11.4 Å². The van der Waals surface area contributed by atoms with Crippen LogP contribution in [-0.4, -0.2) is 46.1 Å².